The molecule has 25 heavy (non-hydrogen) atoms. The number of nitrogens with zero attached hydrogens (tertiary/aromatic N) is 5. The van der Waals surface area contributed by atoms with Gasteiger partial charge in [-0.25, -0.2) is 23.7 Å². The second kappa shape index (κ2) is 5.59. The molecule has 0 bridgehead atoms. The number of halogens is 2. The van der Waals surface area contributed by atoms with E-state index in [0.29, 0.717) is 32.8 Å². The Morgan fingerprint density at radius 1 is 1.24 bits per heavy atom. The van der Waals surface area contributed by atoms with Gasteiger partial charge in [0.2, 0.25) is 5.95 Å². The second-order valence-electron chi connectivity index (χ2n) is 5.56. The van der Waals surface area contributed by atoms with E-state index < -0.39 is 13.0 Å². The van der Waals surface area contributed by atoms with Gasteiger partial charge in [-0.15, -0.1) is 0 Å². The fourth-order valence-corrected chi connectivity index (χ4v) is 3.19. The highest BCUT2D eigenvalue weighted by Crippen LogP contribution is 2.27. The molecule has 0 aliphatic rings. The number of anilines is 1. The summed E-state index contributed by atoms with van der Waals surface area (Å²) in [6, 6.07) is 5.35. The molecule has 0 aliphatic carbocycles. The van der Waals surface area contributed by atoms with Crippen LogP contribution in [0.15, 0.2) is 24.4 Å². The number of aryl methyl sites for hydroxylation is 1. The standard InChI is InChI=1S/C15H13F2N7S/c1-7-19-10-3-2-9(20-13(10)23(7)6-11(16)17)8-4-5-24-12(8)14(25)21-15(18)22-24/h2-5,11H,6H2,1H3,(H3,18,21,22,25). The Kier molecular flexibility index (Phi) is 3.49. The van der Waals surface area contributed by atoms with Crippen LogP contribution in [0.25, 0.3) is 27.9 Å². The zero-order valence-corrected chi connectivity index (χ0v) is 13.9. The highest BCUT2D eigenvalue weighted by atomic mass is 32.1. The SMILES string of the molecule is Cc1nc2ccc(-c3ccn4[nH]c(N)nc(=S)c34)nc2n1CC(F)F. The maximum absolute atomic E-state index is 12.9. The van der Waals surface area contributed by atoms with Crippen LogP contribution in [0.4, 0.5) is 14.7 Å². The zero-order chi connectivity index (χ0) is 17.7. The van der Waals surface area contributed by atoms with E-state index in [9.17, 15) is 8.78 Å². The van der Waals surface area contributed by atoms with Crippen molar-refractivity contribution >= 4 is 34.8 Å². The lowest BCUT2D eigenvalue weighted by Gasteiger charge is -2.06. The number of nitrogens with one attached hydrogen (secondary N) is 1. The number of fused-ring (bicyclic) bond motifs is 2. The van der Waals surface area contributed by atoms with E-state index in [0.717, 1.165) is 5.56 Å². The van der Waals surface area contributed by atoms with Gasteiger partial charge < -0.3 is 10.3 Å². The fraction of sp³-hybridized carbons (Fsp3) is 0.200. The number of nitrogen functional groups attached to an aromatic ring is 1. The van der Waals surface area contributed by atoms with Gasteiger partial charge >= 0.3 is 0 Å². The van der Waals surface area contributed by atoms with E-state index >= 15 is 0 Å². The minimum absolute atomic E-state index is 0.202. The summed E-state index contributed by atoms with van der Waals surface area (Å²) in [6.45, 7) is 1.23. The van der Waals surface area contributed by atoms with Gasteiger partial charge in [-0.05, 0) is 25.1 Å². The van der Waals surface area contributed by atoms with Crippen molar-refractivity contribution in [2.75, 3.05) is 5.73 Å². The average Bonchev–Trinajstić information content (AvgIpc) is 3.08. The van der Waals surface area contributed by atoms with Gasteiger partial charge in [-0.3, -0.25) is 9.61 Å². The van der Waals surface area contributed by atoms with Gasteiger partial charge in [0.05, 0.1) is 12.2 Å². The molecule has 10 heteroatoms. The Labute approximate surface area is 145 Å². The van der Waals surface area contributed by atoms with Crippen molar-refractivity contribution in [3.63, 3.8) is 0 Å². The summed E-state index contributed by atoms with van der Waals surface area (Å²) in [7, 11) is 0. The average molecular weight is 361 g/mol. The highest BCUT2D eigenvalue weighted by Gasteiger charge is 2.16. The van der Waals surface area contributed by atoms with Crippen molar-refractivity contribution < 1.29 is 8.78 Å². The summed E-state index contributed by atoms with van der Waals surface area (Å²) < 4.78 is 29.1. The van der Waals surface area contributed by atoms with Crippen LogP contribution in [0.3, 0.4) is 0 Å². The third-order valence-electron chi connectivity index (χ3n) is 3.93. The smallest absolute Gasteiger partial charge is 0.256 e. The number of alkyl halides is 2. The predicted molar refractivity (Wildman–Crippen MR) is 92.1 cm³/mol. The third kappa shape index (κ3) is 2.54. The van der Waals surface area contributed by atoms with E-state index in [1.54, 1.807) is 29.8 Å². The summed E-state index contributed by atoms with van der Waals surface area (Å²) >= 11 is 5.29. The van der Waals surface area contributed by atoms with Crippen LogP contribution in [0.5, 0.6) is 0 Å². The fourth-order valence-electron chi connectivity index (χ4n) is 2.88. The normalized spacial score (nSPS) is 11.8. The minimum atomic E-state index is -2.49. The number of rotatable bonds is 3. The van der Waals surface area contributed by atoms with Gasteiger partial charge in [-0.1, -0.05) is 12.2 Å². The van der Waals surface area contributed by atoms with Crippen molar-refractivity contribution in [2.24, 2.45) is 0 Å². The van der Waals surface area contributed by atoms with Gasteiger partial charge in [0.15, 0.2) is 10.3 Å². The molecule has 0 unspecified atom stereocenters. The summed E-state index contributed by atoms with van der Waals surface area (Å²) in [5, 5.41) is 2.87. The molecule has 0 saturated carbocycles. The minimum Gasteiger partial charge on any atom is -0.368 e. The molecule has 0 fully saturated rings. The monoisotopic (exact) mass is 361 g/mol. The Balaban J connectivity index is 1.95. The topological polar surface area (TPSA) is 89.8 Å². The molecule has 4 aromatic heterocycles. The first kappa shape index (κ1) is 15.6. The van der Waals surface area contributed by atoms with Gasteiger partial charge in [-0.2, -0.15) is 0 Å². The molecule has 4 heterocycles. The molecule has 4 rings (SSSR count). The van der Waals surface area contributed by atoms with E-state index in [-0.39, 0.29) is 5.95 Å². The first-order valence-electron chi connectivity index (χ1n) is 7.43. The molecule has 0 amide bonds. The van der Waals surface area contributed by atoms with E-state index in [1.165, 1.54) is 4.57 Å². The maximum atomic E-state index is 12.9. The first-order valence-corrected chi connectivity index (χ1v) is 7.84. The van der Waals surface area contributed by atoms with Crippen LogP contribution in [0, 0.1) is 11.6 Å². The molecule has 0 radical (unpaired) electrons. The zero-order valence-electron chi connectivity index (χ0n) is 13.1. The predicted octanol–water partition coefficient (Wildman–Crippen LogP) is 2.96. The summed E-state index contributed by atoms with van der Waals surface area (Å²) in [5.41, 5.74) is 8.62. The second-order valence-corrected chi connectivity index (χ2v) is 5.95. The Hall–Kier alpha value is -2.88. The Bertz CT molecular complexity index is 1160. The summed E-state index contributed by atoms with van der Waals surface area (Å²) in [6.07, 6.45) is -0.732. The van der Waals surface area contributed by atoms with Gasteiger partial charge in [0, 0.05) is 11.8 Å². The van der Waals surface area contributed by atoms with Crippen LogP contribution in [0.2, 0.25) is 0 Å². The summed E-state index contributed by atoms with van der Waals surface area (Å²) in [4.78, 5) is 12.9. The number of pyridine rings is 1. The quantitative estimate of drug-likeness (QED) is 0.548. The van der Waals surface area contributed by atoms with Crippen LogP contribution in [-0.2, 0) is 6.54 Å². The van der Waals surface area contributed by atoms with E-state index in [2.05, 4.69) is 20.1 Å². The lowest BCUT2D eigenvalue weighted by molar-refractivity contribution is 0.127. The van der Waals surface area contributed by atoms with Crippen molar-refractivity contribution in [1.29, 1.82) is 0 Å². The number of aromatic amines is 1. The first-order chi connectivity index (χ1) is 11.9. The molecule has 0 saturated heterocycles. The van der Waals surface area contributed by atoms with E-state index in [1.807, 2.05) is 6.07 Å². The maximum Gasteiger partial charge on any atom is 0.256 e. The van der Waals surface area contributed by atoms with Crippen molar-refractivity contribution in [2.45, 2.75) is 19.9 Å². The molecular weight excluding hydrogens is 348 g/mol. The largest absolute Gasteiger partial charge is 0.368 e. The molecule has 128 valence electrons. The van der Waals surface area contributed by atoms with Crippen LogP contribution in [0.1, 0.15) is 5.82 Å². The van der Waals surface area contributed by atoms with Crippen LogP contribution in [-0.4, -0.2) is 35.6 Å². The lowest BCUT2D eigenvalue weighted by atomic mass is 10.2. The number of imidazole rings is 1. The molecule has 0 aliphatic heterocycles. The van der Waals surface area contributed by atoms with Gasteiger partial charge in [0.25, 0.3) is 6.43 Å². The van der Waals surface area contributed by atoms with Crippen molar-refractivity contribution in [1.82, 2.24) is 29.1 Å². The van der Waals surface area contributed by atoms with Crippen molar-refractivity contribution in [3.8, 4) is 11.3 Å². The molecule has 0 spiro atoms. The lowest BCUT2D eigenvalue weighted by Crippen LogP contribution is -2.09. The number of aromatic nitrogens is 6. The molecule has 4 aromatic rings. The van der Waals surface area contributed by atoms with Gasteiger partial charge in [0.1, 0.15) is 16.9 Å². The Morgan fingerprint density at radius 2 is 2.04 bits per heavy atom. The van der Waals surface area contributed by atoms with Crippen LogP contribution < -0.4 is 5.73 Å². The molecular formula is C15H13F2N7S. The molecule has 0 aromatic carbocycles. The number of nitrogens with two attached hydrogens (primary N) is 1. The molecule has 7 nitrogen and oxygen atoms in total. The number of hydrogen-bond acceptors (Lipinski definition) is 5. The Morgan fingerprint density at radius 3 is 2.80 bits per heavy atom. The third-order valence-corrected chi connectivity index (χ3v) is 4.21. The van der Waals surface area contributed by atoms with Crippen LogP contribution >= 0.6 is 12.2 Å². The number of H-pyrrole nitrogens is 1. The molecule has 0 atom stereocenters. The highest BCUT2D eigenvalue weighted by molar-refractivity contribution is 7.71. The molecule has 3 N–H and O–H groups in total. The summed E-state index contributed by atoms with van der Waals surface area (Å²) in [5.74, 6) is 0.696. The van der Waals surface area contributed by atoms with E-state index in [4.69, 9.17) is 18.0 Å². The van der Waals surface area contributed by atoms with Crippen molar-refractivity contribution in [3.05, 3.63) is 34.9 Å². The number of hydrogen-bond donors (Lipinski definition) is 2.